The molecule has 2 atom stereocenters. The molecule has 0 saturated carbocycles. The Hall–Kier alpha value is -4.44. The zero-order valence-electron chi connectivity index (χ0n) is 24.2. The second kappa shape index (κ2) is 12.3. The van der Waals surface area contributed by atoms with Crippen molar-refractivity contribution >= 4 is 34.7 Å². The molecular formula is C33H30ClF2N5O3. The van der Waals surface area contributed by atoms with E-state index >= 15 is 0 Å². The Morgan fingerprint density at radius 3 is 2.70 bits per heavy atom. The molecule has 0 fully saturated rings. The van der Waals surface area contributed by atoms with E-state index in [1.807, 2.05) is 37.3 Å². The lowest BCUT2D eigenvalue weighted by molar-refractivity contribution is -0.129. The fourth-order valence-electron chi connectivity index (χ4n) is 5.89. The van der Waals surface area contributed by atoms with Gasteiger partial charge in [0, 0.05) is 42.9 Å². The van der Waals surface area contributed by atoms with Gasteiger partial charge in [-0.1, -0.05) is 37.1 Å². The minimum Gasteiger partial charge on any atom is -0.425 e. The molecule has 0 saturated heterocycles. The van der Waals surface area contributed by atoms with Crippen LogP contribution in [0.3, 0.4) is 0 Å². The number of aryl methyl sites for hydroxylation is 1. The first-order valence-corrected chi connectivity index (χ1v) is 14.9. The highest BCUT2D eigenvalue weighted by Crippen LogP contribution is 2.37. The van der Waals surface area contributed by atoms with Gasteiger partial charge in [0.2, 0.25) is 23.6 Å². The van der Waals surface area contributed by atoms with Crippen LogP contribution in [-0.2, 0) is 16.0 Å². The number of halogens is 3. The number of pyridine rings is 1. The molecule has 4 heterocycles. The molecule has 0 unspecified atom stereocenters. The molecule has 2 aliphatic rings. The van der Waals surface area contributed by atoms with Gasteiger partial charge in [0.25, 0.3) is 0 Å². The summed E-state index contributed by atoms with van der Waals surface area (Å²) in [4.78, 5) is 33.1. The van der Waals surface area contributed by atoms with E-state index < -0.39 is 17.7 Å². The van der Waals surface area contributed by atoms with Gasteiger partial charge in [0.1, 0.15) is 5.82 Å². The molecule has 11 heteroatoms. The summed E-state index contributed by atoms with van der Waals surface area (Å²) in [6.07, 6.45) is 5.47. The predicted molar refractivity (Wildman–Crippen MR) is 162 cm³/mol. The zero-order chi connectivity index (χ0) is 31.0. The highest BCUT2D eigenvalue weighted by molar-refractivity contribution is 6.31. The Balaban J connectivity index is 1.35. The van der Waals surface area contributed by atoms with Gasteiger partial charge in [0.15, 0.2) is 5.82 Å². The predicted octanol–water partition coefficient (Wildman–Crippen LogP) is 7.08. The van der Waals surface area contributed by atoms with Crippen molar-refractivity contribution in [3.05, 3.63) is 100.0 Å². The van der Waals surface area contributed by atoms with Gasteiger partial charge in [-0.25, -0.2) is 8.78 Å². The minimum atomic E-state index is -0.874. The van der Waals surface area contributed by atoms with Crippen LogP contribution in [0.1, 0.15) is 67.3 Å². The molecular weight excluding hydrogens is 588 g/mol. The lowest BCUT2D eigenvalue weighted by atomic mass is 9.92. The number of benzene rings is 2. The van der Waals surface area contributed by atoms with Crippen LogP contribution in [0.2, 0.25) is 5.02 Å². The third-order valence-electron chi connectivity index (χ3n) is 8.21. The van der Waals surface area contributed by atoms with E-state index in [2.05, 4.69) is 20.5 Å². The molecule has 1 N–H and O–H groups in total. The van der Waals surface area contributed by atoms with Crippen molar-refractivity contribution in [1.29, 1.82) is 0 Å². The lowest BCUT2D eigenvalue weighted by Crippen LogP contribution is -2.38. The Morgan fingerprint density at radius 1 is 1.09 bits per heavy atom. The van der Waals surface area contributed by atoms with Crippen molar-refractivity contribution in [1.82, 2.24) is 20.1 Å². The number of fused-ring (bicyclic) bond motifs is 4. The highest BCUT2D eigenvalue weighted by atomic mass is 35.5. The van der Waals surface area contributed by atoms with Gasteiger partial charge in [-0.05, 0) is 66.3 Å². The number of rotatable bonds is 4. The van der Waals surface area contributed by atoms with Crippen LogP contribution in [0.5, 0.6) is 0 Å². The van der Waals surface area contributed by atoms with Crippen molar-refractivity contribution in [3.8, 4) is 11.1 Å². The van der Waals surface area contributed by atoms with Gasteiger partial charge in [0.05, 0.1) is 28.7 Å². The number of carbonyl (C=O) groups excluding carboxylic acids is 2. The maximum atomic E-state index is 14.8. The number of nitrogens with one attached hydrogen (secondary N) is 1. The van der Waals surface area contributed by atoms with Crippen molar-refractivity contribution in [2.75, 3.05) is 11.9 Å². The fraction of sp³-hybridized carbons (Fsp3) is 0.303. The SMILES string of the molecule is Cc1nnc(Cc2ccc3c(c2)NC(=O)[C@H](C)CCC[C@H](N2CCC(c4c(F)ccc(Cl)c4F)=CC2=O)c2cc-3ccn2)o1. The summed E-state index contributed by atoms with van der Waals surface area (Å²) in [5.74, 6) is -1.42. The molecule has 2 amide bonds. The molecule has 2 aliphatic heterocycles. The zero-order valence-corrected chi connectivity index (χ0v) is 25.0. The second-order valence-corrected chi connectivity index (χ2v) is 11.7. The van der Waals surface area contributed by atoms with E-state index in [0.29, 0.717) is 48.8 Å². The number of amides is 2. The van der Waals surface area contributed by atoms with E-state index in [0.717, 1.165) is 28.8 Å². The van der Waals surface area contributed by atoms with Gasteiger partial charge in [-0.3, -0.25) is 14.6 Å². The normalized spacial score (nSPS) is 19.0. The van der Waals surface area contributed by atoms with Crippen molar-refractivity contribution in [2.45, 2.75) is 52.0 Å². The Bertz CT molecular complexity index is 1790. The molecule has 6 rings (SSSR count). The van der Waals surface area contributed by atoms with Crippen LogP contribution < -0.4 is 5.32 Å². The lowest BCUT2D eigenvalue weighted by Gasteiger charge is -2.34. The number of anilines is 1. The molecule has 2 aromatic heterocycles. The van der Waals surface area contributed by atoms with E-state index in [1.165, 1.54) is 6.08 Å². The summed E-state index contributed by atoms with van der Waals surface area (Å²) in [6.45, 7) is 3.86. The summed E-state index contributed by atoms with van der Waals surface area (Å²) in [5.41, 5.74) is 3.87. The largest absolute Gasteiger partial charge is 0.425 e. The van der Waals surface area contributed by atoms with Gasteiger partial charge in [-0.2, -0.15) is 0 Å². The van der Waals surface area contributed by atoms with E-state index in [4.69, 9.17) is 16.0 Å². The summed E-state index contributed by atoms with van der Waals surface area (Å²) in [5, 5.41) is 10.9. The highest BCUT2D eigenvalue weighted by Gasteiger charge is 2.31. The first-order valence-electron chi connectivity index (χ1n) is 14.5. The molecule has 8 nitrogen and oxygen atoms in total. The van der Waals surface area contributed by atoms with Crippen molar-refractivity contribution < 1.29 is 22.8 Å². The van der Waals surface area contributed by atoms with Crippen LogP contribution >= 0.6 is 11.6 Å². The first kappa shape index (κ1) is 29.6. The monoisotopic (exact) mass is 617 g/mol. The fourth-order valence-corrected chi connectivity index (χ4v) is 6.05. The summed E-state index contributed by atoms with van der Waals surface area (Å²) in [7, 11) is 0. The van der Waals surface area contributed by atoms with E-state index in [1.54, 1.807) is 18.0 Å². The number of carbonyl (C=O) groups is 2. The molecule has 0 aliphatic carbocycles. The van der Waals surface area contributed by atoms with Crippen LogP contribution in [0.15, 0.2) is 59.2 Å². The molecule has 0 spiro atoms. The molecule has 2 aromatic carbocycles. The molecule has 2 bridgehead atoms. The summed E-state index contributed by atoms with van der Waals surface area (Å²) < 4.78 is 34.9. The van der Waals surface area contributed by atoms with E-state index in [9.17, 15) is 18.4 Å². The van der Waals surface area contributed by atoms with Gasteiger partial charge in [-0.15, -0.1) is 10.2 Å². The van der Waals surface area contributed by atoms with Crippen LogP contribution in [0.25, 0.3) is 16.7 Å². The van der Waals surface area contributed by atoms with E-state index in [-0.39, 0.29) is 46.9 Å². The number of hydrogen-bond acceptors (Lipinski definition) is 6. The number of nitrogens with zero attached hydrogens (tertiary/aromatic N) is 4. The van der Waals surface area contributed by atoms with Crippen LogP contribution in [0, 0.1) is 24.5 Å². The van der Waals surface area contributed by atoms with Crippen LogP contribution in [-0.4, -0.2) is 38.4 Å². The molecule has 4 aromatic rings. The molecule has 0 radical (unpaired) electrons. The van der Waals surface area contributed by atoms with Crippen molar-refractivity contribution in [3.63, 3.8) is 0 Å². The minimum absolute atomic E-state index is 0.101. The summed E-state index contributed by atoms with van der Waals surface area (Å²) >= 11 is 5.91. The smallest absolute Gasteiger partial charge is 0.247 e. The molecule has 44 heavy (non-hydrogen) atoms. The summed E-state index contributed by atoms with van der Waals surface area (Å²) in [6, 6.07) is 11.5. The quantitative estimate of drug-likeness (QED) is 0.246. The first-order chi connectivity index (χ1) is 21.2. The van der Waals surface area contributed by atoms with Gasteiger partial charge >= 0.3 is 0 Å². The third-order valence-corrected chi connectivity index (χ3v) is 8.50. The van der Waals surface area contributed by atoms with Crippen LogP contribution in [0.4, 0.5) is 14.5 Å². The Kier molecular flexibility index (Phi) is 8.27. The number of hydrogen-bond donors (Lipinski definition) is 1. The Morgan fingerprint density at radius 2 is 1.93 bits per heavy atom. The topological polar surface area (TPSA) is 101 Å². The Labute approximate surface area is 258 Å². The standard InChI is InChI=1S/C33H30ClF2N5O3/c1-18-4-3-5-28(41-13-11-22(17-30(41)42)31-25(35)9-8-24(34)32(31)36)27-16-21(10-12-37-27)23-7-6-20(14-26(23)38-33(18)43)15-29-40-39-19(2)44-29/h6-10,12,14,16-18,28H,3-5,11,13,15H2,1-2H3,(H,38,43)/t18-,28+/m1/s1. The maximum Gasteiger partial charge on any atom is 0.247 e. The average Bonchev–Trinajstić information content (AvgIpc) is 3.41. The molecule has 226 valence electrons. The second-order valence-electron chi connectivity index (χ2n) is 11.2. The average molecular weight is 618 g/mol. The van der Waals surface area contributed by atoms with Crippen molar-refractivity contribution in [2.24, 2.45) is 5.92 Å². The third kappa shape index (κ3) is 5.99. The van der Waals surface area contributed by atoms with Gasteiger partial charge < -0.3 is 14.6 Å². The number of aromatic nitrogens is 3. The maximum absolute atomic E-state index is 14.8.